The third kappa shape index (κ3) is 2.72. The summed E-state index contributed by atoms with van der Waals surface area (Å²) in [5, 5.41) is 0. The number of para-hydroxylation sites is 1. The zero-order valence-corrected chi connectivity index (χ0v) is 11.6. The molecule has 1 aromatic heterocycles. The highest BCUT2D eigenvalue weighted by atomic mass is 16.2. The molecule has 0 unspecified atom stereocenters. The number of amides is 1. The lowest BCUT2D eigenvalue weighted by Crippen LogP contribution is -2.24. The minimum absolute atomic E-state index is 0.217. The van der Waals surface area contributed by atoms with Crippen molar-refractivity contribution in [3.05, 3.63) is 59.9 Å². The summed E-state index contributed by atoms with van der Waals surface area (Å²) in [6.07, 6.45) is 3.33. The van der Waals surface area contributed by atoms with Gasteiger partial charge >= 0.3 is 0 Å². The van der Waals surface area contributed by atoms with E-state index >= 15 is 0 Å². The van der Waals surface area contributed by atoms with Crippen molar-refractivity contribution in [1.29, 1.82) is 0 Å². The number of pyridine rings is 1. The highest BCUT2D eigenvalue weighted by Gasteiger charge is 2.30. The SMILES string of the molecule is Cc1ccnc(C[C@@H]2CC(=O)N(c3ccccc3)C2)c1. The average Bonchev–Trinajstić information content (AvgIpc) is 2.80. The van der Waals surface area contributed by atoms with Gasteiger partial charge in [-0.3, -0.25) is 9.78 Å². The summed E-state index contributed by atoms with van der Waals surface area (Å²) in [5.74, 6) is 0.575. The Bertz CT molecular complexity index is 609. The van der Waals surface area contributed by atoms with Crippen molar-refractivity contribution in [2.24, 2.45) is 5.92 Å². The number of hydrogen-bond acceptors (Lipinski definition) is 2. The van der Waals surface area contributed by atoms with E-state index in [4.69, 9.17) is 0 Å². The smallest absolute Gasteiger partial charge is 0.227 e. The zero-order chi connectivity index (χ0) is 13.9. The lowest BCUT2D eigenvalue weighted by Gasteiger charge is -2.16. The molecule has 0 radical (unpaired) electrons. The number of anilines is 1. The van der Waals surface area contributed by atoms with E-state index in [9.17, 15) is 4.79 Å². The van der Waals surface area contributed by atoms with Gasteiger partial charge in [0, 0.05) is 30.5 Å². The second kappa shape index (κ2) is 5.45. The highest BCUT2D eigenvalue weighted by molar-refractivity contribution is 5.95. The Kier molecular flexibility index (Phi) is 3.50. The summed E-state index contributed by atoms with van der Waals surface area (Å²) in [4.78, 5) is 18.4. The van der Waals surface area contributed by atoms with Gasteiger partial charge in [0.05, 0.1) is 0 Å². The predicted octanol–water partition coefficient (Wildman–Crippen LogP) is 2.99. The number of nitrogens with zero attached hydrogens (tertiary/aromatic N) is 2. The van der Waals surface area contributed by atoms with Crippen LogP contribution in [0.25, 0.3) is 0 Å². The number of benzene rings is 1. The number of rotatable bonds is 3. The lowest BCUT2D eigenvalue weighted by molar-refractivity contribution is -0.117. The van der Waals surface area contributed by atoms with Crippen molar-refractivity contribution in [1.82, 2.24) is 4.98 Å². The quantitative estimate of drug-likeness (QED) is 0.855. The van der Waals surface area contributed by atoms with Crippen LogP contribution in [-0.4, -0.2) is 17.4 Å². The van der Waals surface area contributed by atoms with Crippen LogP contribution in [0, 0.1) is 12.8 Å². The van der Waals surface area contributed by atoms with Crippen molar-refractivity contribution in [2.45, 2.75) is 19.8 Å². The Morgan fingerprint density at radius 3 is 2.80 bits per heavy atom. The molecule has 20 heavy (non-hydrogen) atoms. The van der Waals surface area contributed by atoms with E-state index in [2.05, 4.69) is 18.0 Å². The first-order chi connectivity index (χ1) is 9.72. The van der Waals surface area contributed by atoms with Crippen molar-refractivity contribution in [3.63, 3.8) is 0 Å². The largest absolute Gasteiger partial charge is 0.312 e. The number of hydrogen-bond donors (Lipinski definition) is 0. The maximum atomic E-state index is 12.1. The van der Waals surface area contributed by atoms with Crippen LogP contribution >= 0.6 is 0 Å². The zero-order valence-electron chi connectivity index (χ0n) is 11.6. The molecule has 3 heteroatoms. The molecule has 1 aliphatic heterocycles. The first kappa shape index (κ1) is 12.9. The molecule has 1 amide bonds. The van der Waals surface area contributed by atoms with Gasteiger partial charge in [0.1, 0.15) is 0 Å². The van der Waals surface area contributed by atoms with Crippen molar-refractivity contribution >= 4 is 11.6 Å². The normalized spacial score (nSPS) is 18.6. The maximum absolute atomic E-state index is 12.1. The number of aryl methyl sites for hydroxylation is 1. The number of aromatic nitrogens is 1. The Hall–Kier alpha value is -2.16. The second-order valence-electron chi connectivity index (χ2n) is 5.44. The van der Waals surface area contributed by atoms with E-state index in [1.807, 2.05) is 47.5 Å². The molecule has 3 nitrogen and oxygen atoms in total. The van der Waals surface area contributed by atoms with Crippen molar-refractivity contribution in [3.8, 4) is 0 Å². The molecule has 0 saturated carbocycles. The van der Waals surface area contributed by atoms with E-state index in [1.165, 1.54) is 5.56 Å². The van der Waals surface area contributed by atoms with E-state index in [0.29, 0.717) is 12.3 Å². The van der Waals surface area contributed by atoms with Crippen LogP contribution in [-0.2, 0) is 11.2 Å². The van der Waals surface area contributed by atoms with Gasteiger partial charge < -0.3 is 4.90 Å². The van der Waals surface area contributed by atoms with Gasteiger partial charge in [-0.1, -0.05) is 18.2 Å². The molecule has 2 heterocycles. The van der Waals surface area contributed by atoms with E-state index in [-0.39, 0.29) is 5.91 Å². The van der Waals surface area contributed by atoms with Gasteiger partial charge in [-0.05, 0) is 49.1 Å². The fraction of sp³-hybridized carbons (Fsp3) is 0.294. The van der Waals surface area contributed by atoms with Crippen molar-refractivity contribution in [2.75, 3.05) is 11.4 Å². The van der Waals surface area contributed by atoms with E-state index in [0.717, 1.165) is 24.3 Å². The fourth-order valence-electron chi connectivity index (χ4n) is 2.78. The molecule has 3 rings (SSSR count). The first-order valence-corrected chi connectivity index (χ1v) is 6.99. The molecule has 102 valence electrons. The third-order valence-corrected chi connectivity index (χ3v) is 3.74. The van der Waals surface area contributed by atoms with Crippen LogP contribution in [0.5, 0.6) is 0 Å². The molecule has 1 atom stereocenters. The van der Waals surface area contributed by atoms with Crippen molar-refractivity contribution < 1.29 is 4.79 Å². The average molecular weight is 266 g/mol. The van der Waals surface area contributed by atoms with Gasteiger partial charge in [0.15, 0.2) is 0 Å². The highest BCUT2D eigenvalue weighted by Crippen LogP contribution is 2.26. The van der Waals surface area contributed by atoms with Crippen LogP contribution in [0.1, 0.15) is 17.7 Å². The van der Waals surface area contributed by atoms with E-state index in [1.54, 1.807) is 0 Å². The molecule has 0 bridgehead atoms. The molecule has 0 spiro atoms. The topological polar surface area (TPSA) is 33.2 Å². The van der Waals surface area contributed by atoms with Gasteiger partial charge in [0.25, 0.3) is 0 Å². The minimum atomic E-state index is 0.217. The lowest BCUT2D eigenvalue weighted by atomic mass is 10.0. The standard InChI is InChI=1S/C17H18N2O/c1-13-7-8-18-15(9-13)10-14-11-17(20)19(12-14)16-5-3-2-4-6-16/h2-9,14H,10-12H2,1H3/t14-/m1/s1. The summed E-state index contributed by atoms with van der Waals surface area (Å²) in [5.41, 5.74) is 3.30. The van der Waals surface area contributed by atoms with Gasteiger partial charge in [-0.15, -0.1) is 0 Å². The Morgan fingerprint density at radius 1 is 1.25 bits per heavy atom. The summed E-state index contributed by atoms with van der Waals surface area (Å²) >= 11 is 0. The molecule has 1 fully saturated rings. The molecular formula is C17H18N2O. The Balaban J connectivity index is 1.71. The van der Waals surface area contributed by atoms with E-state index < -0.39 is 0 Å². The minimum Gasteiger partial charge on any atom is -0.312 e. The maximum Gasteiger partial charge on any atom is 0.227 e. The summed E-state index contributed by atoms with van der Waals surface area (Å²) in [6.45, 7) is 2.86. The second-order valence-corrected chi connectivity index (χ2v) is 5.44. The van der Waals surface area contributed by atoms with Crippen LogP contribution in [0.15, 0.2) is 48.7 Å². The summed E-state index contributed by atoms with van der Waals surface area (Å²) < 4.78 is 0. The van der Waals surface area contributed by atoms with Gasteiger partial charge in [-0.25, -0.2) is 0 Å². The number of carbonyl (C=O) groups excluding carboxylic acids is 1. The van der Waals surface area contributed by atoms with Crippen LogP contribution < -0.4 is 4.90 Å². The third-order valence-electron chi connectivity index (χ3n) is 3.74. The van der Waals surface area contributed by atoms with Gasteiger partial charge in [0.2, 0.25) is 5.91 Å². The van der Waals surface area contributed by atoms with Crippen LogP contribution in [0.3, 0.4) is 0 Å². The molecule has 1 saturated heterocycles. The molecule has 2 aromatic rings. The Morgan fingerprint density at radius 2 is 2.05 bits per heavy atom. The fourth-order valence-corrected chi connectivity index (χ4v) is 2.78. The summed E-state index contributed by atoms with van der Waals surface area (Å²) in [7, 11) is 0. The molecule has 0 N–H and O–H groups in total. The van der Waals surface area contributed by atoms with Crippen LogP contribution in [0.4, 0.5) is 5.69 Å². The first-order valence-electron chi connectivity index (χ1n) is 6.99. The molecule has 0 aliphatic carbocycles. The molecule has 1 aliphatic rings. The monoisotopic (exact) mass is 266 g/mol. The molecule has 1 aromatic carbocycles. The number of carbonyl (C=O) groups is 1. The van der Waals surface area contributed by atoms with Gasteiger partial charge in [-0.2, -0.15) is 0 Å². The Labute approximate surface area is 119 Å². The predicted molar refractivity (Wildman–Crippen MR) is 79.6 cm³/mol. The molecular weight excluding hydrogens is 248 g/mol. The van der Waals surface area contributed by atoms with Crippen LogP contribution in [0.2, 0.25) is 0 Å². The summed E-state index contributed by atoms with van der Waals surface area (Å²) in [6, 6.07) is 14.0.